The number of benzene rings is 3. The molecule has 2 N–H and O–H groups in total. The number of aryl methyl sites for hydroxylation is 2. The maximum absolute atomic E-state index is 13.3. The first-order valence-electron chi connectivity index (χ1n) is 10.0. The maximum Gasteiger partial charge on any atom is 0.416 e. The molecule has 1 atom stereocenters. The van der Waals surface area contributed by atoms with Crippen molar-refractivity contribution in [3.8, 4) is 0 Å². The Labute approximate surface area is 192 Å². The summed E-state index contributed by atoms with van der Waals surface area (Å²) in [6.07, 6.45) is -4.14. The number of alkyl halides is 3. The first kappa shape index (κ1) is 25.4. The van der Waals surface area contributed by atoms with Gasteiger partial charge in [0.2, 0.25) is 5.91 Å². The summed E-state index contributed by atoms with van der Waals surface area (Å²) in [5.74, 6) is -0.304. The van der Waals surface area contributed by atoms with Crippen LogP contribution in [0.15, 0.2) is 72.8 Å². The van der Waals surface area contributed by atoms with Crippen LogP contribution >= 0.6 is 12.4 Å². The van der Waals surface area contributed by atoms with Crippen LogP contribution in [0.4, 0.5) is 18.9 Å². The molecule has 32 heavy (non-hydrogen) atoms. The highest BCUT2D eigenvalue weighted by Crippen LogP contribution is 2.30. The standard InChI is InChI=1S/C25H25F3N2O.ClH/c1-17-11-12-22(15-18(17)2)30(24(31)23(29)20-8-4-3-5-9-20)14-13-19-7-6-10-21(16-19)25(26,27)28;/h3-12,15-16,23H,13-14,29H2,1-2H3;1H. The van der Waals surface area contributed by atoms with E-state index in [4.69, 9.17) is 5.73 Å². The normalized spacial score (nSPS) is 12.1. The zero-order valence-electron chi connectivity index (χ0n) is 17.9. The zero-order chi connectivity index (χ0) is 22.6. The summed E-state index contributed by atoms with van der Waals surface area (Å²) in [5, 5.41) is 0. The zero-order valence-corrected chi connectivity index (χ0v) is 18.7. The lowest BCUT2D eigenvalue weighted by molar-refractivity contribution is -0.137. The maximum atomic E-state index is 13.3. The number of nitrogens with zero attached hydrogens (tertiary/aromatic N) is 1. The lowest BCUT2D eigenvalue weighted by Gasteiger charge is -2.27. The number of nitrogens with two attached hydrogens (primary N) is 1. The van der Waals surface area contributed by atoms with Crippen molar-refractivity contribution in [3.05, 3.63) is 101 Å². The molecule has 0 aromatic heterocycles. The average Bonchev–Trinajstić information content (AvgIpc) is 2.76. The molecule has 3 nitrogen and oxygen atoms in total. The molecular weight excluding hydrogens is 437 g/mol. The molecule has 1 unspecified atom stereocenters. The third kappa shape index (κ3) is 6.11. The summed E-state index contributed by atoms with van der Waals surface area (Å²) in [5.41, 5.74) is 9.51. The van der Waals surface area contributed by atoms with Gasteiger partial charge in [0.05, 0.1) is 5.56 Å². The predicted molar refractivity (Wildman–Crippen MR) is 124 cm³/mol. The minimum absolute atomic E-state index is 0. The van der Waals surface area contributed by atoms with Crippen LogP contribution in [-0.2, 0) is 17.4 Å². The van der Waals surface area contributed by atoms with Crippen LogP contribution in [-0.4, -0.2) is 12.5 Å². The van der Waals surface area contributed by atoms with Gasteiger partial charge < -0.3 is 10.6 Å². The Morgan fingerprint density at radius 3 is 2.25 bits per heavy atom. The van der Waals surface area contributed by atoms with Crippen LogP contribution in [0.2, 0.25) is 0 Å². The van der Waals surface area contributed by atoms with E-state index >= 15 is 0 Å². The molecule has 0 radical (unpaired) electrons. The van der Waals surface area contributed by atoms with Gasteiger partial charge in [-0.25, -0.2) is 0 Å². The summed E-state index contributed by atoms with van der Waals surface area (Å²) < 4.78 is 39.2. The van der Waals surface area contributed by atoms with E-state index in [1.807, 2.05) is 50.2 Å². The number of amides is 1. The van der Waals surface area contributed by atoms with Crippen LogP contribution in [0.5, 0.6) is 0 Å². The van der Waals surface area contributed by atoms with Crippen molar-refractivity contribution in [1.29, 1.82) is 0 Å². The molecule has 1 amide bonds. The van der Waals surface area contributed by atoms with Crippen LogP contribution in [0, 0.1) is 13.8 Å². The molecule has 0 saturated carbocycles. The summed E-state index contributed by atoms with van der Waals surface area (Å²) >= 11 is 0. The highest BCUT2D eigenvalue weighted by atomic mass is 35.5. The Morgan fingerprint density at radius 1 is 0.938 bits per heavy atom. The Morgan fingerprint density at radius 2 is 1.62 bits per heavy atom. The quantitative estimate of drug-likeness (QED) is 0.487. The number of halogens is 4. The van der Waals surface area contributed by atoms with E-state index in [0.29, 0.717) is 16.8 Å². The molecule has 3 aromatic rings. The number of anilines is 1. The molecule has 0 aliphatic carbocycles. The number of rotatable bonds is 6. The topological polar surface area (TPSA) is 46.3 Å². The third-order valence-corrected chi connectivity index (χ3v) is 5.37. The van der Waals surface area contributed by atoms with Gasteiger partial charge in [-0.05, 0) is 60.7 Å². The van der Waals surface area contributed by atoms with E-state index in [2.05, 4.69) is 0 Å². The van der Waals surface area contributed by atoms with Gasteiger partial charge in [-0.1, -0.05) is 54.6 Å². The molecular formula is C25H26ClF3N2O. The fourth-order valence-electron chi connectivity index (χ4n) is 3.37. The Bertz CT molecular complexity index is 1050. The first-order chi connectivity index (χ1) is 14.7. The summed E-state index contributed by atoms with van der Waals surface area (Å²) in [6, 6.07) is 19.0. The van der Waals surface area contributed by atoms with E-state index in [1.54, 1.807) is 23.1 Å². The lowest BCUT2D eigenvalue weighted by atomic mass is 10.0. The molecule has 0 fully saturated rings. The molecule has 7 heteroatoms. The monoisotopic (exact) mass is 462 g/mol. The Hall–Kier alpha value is -2.83. The second kappa shape index (κ2) is 10.7. The van der Waals surface area contributed by atoms with Gasteiger partial charge in [-0.15, -0.1) is 12.4 Å². The molecule has 0 saturated heterocycles. The van der Waals surface area contributed by atoms with E-state index in [1.165, 1.54) is 6.07 Å². The van der Waals surface area contributed by atoms with Gasteiger partial charge in [-0.2, -0.15) is 13.2 Å². The van der Waals surface area contributed by atoms with E-state index in [0.717, 1.165) is 23.3 Å². The summed E-state index contributed by atoms with van der Waals surface area (Å²) in [4.78, 5) is 14.9. The highest BCUT2D eigenvalue weighted by molar-refractivity contribution is 5.97. The van der Waals surface area contributed by atoms with Gasteiger partial charge in [0.15, 0.2) is 0 Å². The lowest BCUT2D eigenvalue weighted by Crippen LogP contribution is -2.40. The fourth-order valence-corrected chi connectivity index (χ4v) is 3.37. The van der Waals surface area contributed by atoms with Gasteiger partial charge in [0.1, 0.15) is 6.04 Å². The smallest absolute Gasteiger partial charge is 0.316 e. The Balaban J connectivity index is 0.00000363. The molecule has 0 bridgehead atoms. The second-order valence-corrected chi connectivity index (χ2v) is 7.59. The molecule has 3 aromatic carbocycles. The SMILES string of the molecule is Cc1ccc(N(CCc2cccc(C(F)(F)F)c2)C(=O)C(N)c2ccccc2)cc1C.Cl. The van der Waals surface area contributed by atoms with E-state index in [9.17, 15) is 18.0 Å². The van der Waals surface area contributed by atoms with Gasteiger partial charge in [-0.3, -0.25) is 4.79 Å². The number of hydrogen-bond donors (Lipinski definition) is 1. The van der Waals surface area contributed by atoms with E-state index < -0.39 is 17.8 Å². The minimum Gasteiger partial charge on any atom is -0.316 e. The van der Waals surface area contributed by atoms with E-state index in [-0.39, 0.29) is 31.3 Å². The third-order valence-electron chi connectivity index (χ3n) is 5.37. The molecule has 0 aliphatic heterocycles. The van der Waals surface area contributed by atoms with Crippen LogP contribution in [0.25, 0.3) is 0 Å². The Kier molecular flexibility index (Phi) is 8.47. The average molecular weight is 463 g/mol. The fraction of sp³-hybridized carbons (Fsp3) is 0.240. The second-order valence-electron chi connectivity index (χ2n) is 7.59. The molecule has 0 aliphatic rings. The van der Waals surface area contributed by atoms with Gasteiger partial charge >= 0.3 is 6.18 Å². The van der Waals surface area contributed by atoms with Crippen LogP contribution in [0.1, 0.15) is 33.9 Å². The van der Waals surface area contributed by atoms with Crippen LogP contribution < -0.4 is 10.6 Å². The van der Waals surface area contributed by atoms with Gasteiger partial charge in [0, 0.05) is 12.2 Å². The predicted octanol–water partition coefficient (Wildman–Crippen LogP) is 6.02. The van der Waals surface area contributed by atoms with Gasteiger partial charge in [0.25, 0.3) is 0 Å². The van der Waals surface area contributed by atoms with Crippen molar-refractivity contribution in [2.45, 2.75) is 32.5 Å². The largest absolute Gasteiger partial charge is 0.416 e. The van der Waals surface area contributed by atoms with Crippen molar-refractivity contribution < 1.29 is 18.0 Å². The van der Waals surface area contributed by atoms with Crippen molar-refractivity contribution >= 4 is 24.0 Å². The number of hydrogen-bond acceptors (Lipinski definition) is 2. The summed E-state index contributed by atoms with van der Waals surface area (Å²) in [6.45, 7) is 4.14. The highest BCUT2D eigenvalue weighted by Gasteiger charge is 2.30. The number of carbonyl (C=O) groups excluding carboxylic acids is 1. The number of carbonyl (C=O) groups is 1. The molecule has 0 spiro atoms. The van der Waals surface area contributed by atoms with Crippen LogP contribution in [0.3, 0.4) is 0 Å². The van der Waals surface area contributed by atoms with Crippen molar-refractivity contribution in [3.63, 3.8) is 0 Å². The van der Waals surface area contributed by atoms with Crippen molar-refractivity contribution in [1.82, 2.24) is 0 Å². The minimum atomic E-state index is -4.41. The molecule has 0 heterocycles. The molecule has 3 rings (SSSR count). The van der Waals surface area contributed by atoms with Crippen molar-refractivity contribution in [2.75, 3.05) is 11.4 Å². The van der Waals surface area contributed by atoms with Crippen molar-refractivity contribution in [2.24, 2.45) is 5.73 Å². The first-order valence-corrected chi connectivity index (χ1v) is 10.0. The summed E-state index contributed by atoms with van der Waals surface area (Å²) in [7, 11) is 0. The molecule has 170 valence electrons.